The molecule has 0 aliphatic heterocycles. The van der Waals surface area contributed by atoms with E-state index in [1.807, 2.05) is 20.2 Å². The van der Waals surface area contributed by atoms with Gasteiger partial charge in [0.15, 0.2) is 5.96 Å². The third-order valence-electron chi connectivity index (χ3n) is 4.52. The van der Waals surface area contributed by atoms with Gasteiger partial charge < -0.3 is 19.6 Å². The zero-order valence-corrected chi connectivity index (χ0v) is 16.3. The van der Waals surface area contributed by atoms with Crippen molar-refractivity contribution in [2.45, 2.75) is 37.8 Å². The molecule has 0 atom stereocenters. The van der Waals surface area contributed by atoms with Crippen LogP contribution in [0.1, 0.15) is 31.4 Å². The highest BCUT2D eigenvalue weighted by Gasteiger charge is 2.36. The normalized spacial score (nSPS) is 17.4. The first-order valence-corrected chi connectivity index (χ1v) is 7.56. The van der Waals surface area contributed by atoms with Gasteiger partial charge in [0.25, 0.3) is 0 Å². The van der Waals surface area contributed by atoms with Gasteiger partial charge in [0.2, 0.25) is 0 Å². The molecule has 1 fully saturated rings. The van der Waals surface area contributed by atoms with Crippen LogP contribution in [0.3, 0.4) is 0 Å². The van der Waals surface area contributed by atoms with E-state index in [1.54, 1.807) is 6.26 Å². The molecule has 0 unspecified atom stereocenters. The fourth-order valence-corrected chi connectivity index (χ4v) is 3.08. The summed E-state index contributed by atoms with van der Waals surface area (Å²) in [5.41, 5.74) is 1.16. The molecule has 22 heavy (non-hydrogen) atoms. The van der Waals surface area contributed by atoms with E-state index >= 15 is 0 Å². The fraction of sp³-hybridized carbons (Fsp3) is 0.733. The van der Waals surface area contributed by atoms with Gasteiger partial charge in [-0.2, -0.15) is 0 Å². The monoisotopic (exact) mass is 421 g/mol. The maximum absolute atomic E-state index is 4.87. The van der Waals surface area contributed by atoms with E-state index in [-0.39, 0.29) is 29.5 Å². The second-order valence-electron chi connectivity index (χ2n) is 6.07. The standard InChI is InChI=1S/C15H27N5O.HI/c1-16-14(20(4)11-13-7-10-21-18-13)17-12-15(19(2)3)8-5-6-9-15;/h7,10H,5-6,8-9,11-12H2,1-4H3,(H,16,17);1H. The predicted molar refractivity (Wildman–Crippen MR) is 99.6 cm³/mol. The lowest BCUT2D eigenvalue weighted by Crippen LogP contribution is -2.53. The molecule has 0 saturated heterocycles. The number of aromatic nitrogens is 1. The maximum atomic E-state index is 4.87. The molecular formula is C15H28IN5O. The fourth-order valence-electron chi connectivity index (χ4n) is 3.08. The molecule has 1 aromatic rings. The highest BCUT2D eigenvalue weighted by atomic mass is 127. The van der Waals surface area contributed by atoms with E-state index in [0.29, 0.717) is 6.54 Å². The van der Waals surface area contributed by atoms with Gasteiger partial charge in [0.1, 0.15) is 12.0 Å². The first-order valence-electron chi connectivity index (χ1n) is 7.56. The third-order valence-corrected chi connectivity index (χ3v) is 4.52. The molecule has 126 valence electrons. The first kappa shape index (κ1) is 19.2. The van der Waals surface area contributed by atoms with E-state index in [9.17, 15) is 0 Å². The third kappa shape index (κ3) is 4.58. The van der Waals surface area contributed by atoms with Crippen LogP contribution in [0.5, 0.6) is 0 Å². The molecule has 1 heterocycles. The summed E-state index contributed by atoms with van der Waals surface area (Å²) in [6.45, 7) is 1.61. The van der Waals surface area contributed by atoms with Crippen LogP contribution in [-0.4, -0.2) is 61.2 Å². The minimum absolute atomic E-state index is 0. The molecule has 2 rings (SSSR count). The van der Waals surface area contributed by atoms with Crippen molar-refractivity contribution in [3.8, 4) is 0 Å². The van der Waals surface area contributed by atoms with E-state index in [4.69, 9.17) is 4.52 Å². The van der Waals surface area contributed by atoms with Crippen molar-refractivity contribution in [1.82, 2.24) is 20.3 Å². The van der Waals surface area contributed by atoms with Crippen LogP contribution >= 0.6 is 24.0 Å². The molecule has 0 radical (unpaired) electrons. The second-order valence-corrected chi connectivity index (χ2v) is 6.07. The Morgan fingerprint density at radius 1 is 1.36 bits per heavy atom. The van der Waals surface area contributed by atoms with E-state index in [0.717, 1.165) is 18.2 Å². The number of rotatable bonds is 5. The SMILES string of the molecule is CN=C(NCC1(N(C)C)CCCC1)N(C)Cc1ccon1.I. The van der Waals surface area contributed by atoms with Crippen LogP contribution in [0.15, 0.2) is 21.8 Å². The van der Waals surface area contributed by atoms with Crippen molar-refractivity contribution < 1.29 is 4.52 Å². The van der Waals surface area contributed by atoms with Crippen molar-refractivity contribution in [2.75, 3.05) is 34.7 Å². The summed E-state index contributed by atoms with van der Waals surface area (Å²) in [4.78, 5) is 8.80. The lowest BCUT2D eigenvalue weighted by atomic mass is 9.96. The summed E-state index contributed by atoms with van der Waals surface area (Å²) in [5.74, 6) is 0.895. The highest BCUT2D eigenvalue weighted by Crippen LogP contribution is 2.33. The van der Waals surface area contributed by atoms with Crippen LogP contribution in [0.2, 0.25) is 0 Å². The van der Waals surface area contributed by atoms with Gasteiger partial charge in [-0.15, -0.1) is 24.0 Å². The quantitative estimate of drug-likeness (QED) is 0.449. The number of nitrogens with zero attached hydrogens (tertiary/aromatic N) is 4. The highest BCUT2D eigenvalue weighted by molar-refractivity contribution is 14.0. The molecule has 0 bridgehead atoms. The van der Waals surface area contributed by atoms with Gasteiger partial charge in [0, 0.05) is 32.2 Å². The molecule has 6 nitrogen and oxygen atoms in total. The van der Waals surface area contributed by atoms with Crippen LogP contribution in [0.25, 0.3) is 0 Å². The Morgan fingerprint density at radius 3 is 2.55 bits per heavy atom. The molecular weight excluding hydrogens is 393 g/mol. The van der Waals surface area contributed by atoms with Gasteiger partial charge in [0.05, 0.1) is 6.54 Å². The summed E-state index contributed by atoms with van der Waals surface area (Å²) in [7, 11) is 8.18. The zero-order chi connectivity index (χ0) is 15.3. The Morgan fingerprint density at radius 2 is 2.05 bits per heavy atom. The number of aliphatic imine (C=N–C) groups is 1. The number of hydrogen-bond donors (Lipinski definition) is 1. The Bertz CT molecular complexity index is 455. The summed E-state index contributed by atoms with van der Waals surface area (Å²) in [6.07, 6.45) is 6.72. The molecule has 1 aliphatic rings. The van der Waals surface area contributed by atoms with Crippen molar-refractivity contribution in [3.05, 3.63) is 18.0 Å². The summed E-state index contributed by atoms with van der Waals surface area (Å²) in [6, 6.07) is 1.88. The van der Waals surface area contributed by atoms with Crippen LogP contribution < -0.4 is 5.32 Å². The molecule has 0 amide bonds. The van der Waals surface area contributed by atoms with Gasteiger partial charge in [-0.05, 0) is 26.9 Å². The summed E-state index contributed by atoms with van der Waals surface area (Å²) < 4.78 is 4.87. The topological polar surface area (TPSA) is 56.9 Å². The van der Waals surface area contributed by atoms with Crippen LogP contribution in [0.4, 0.5) is 0 Å². The van der Waals surface area contributed by atoms with Crippen LogP contribution in [0, 0.1) is 0 Å². The minimum Gasteiger partial charge on any atom is -0.364 e. The van der Waals surface area contributed by atoms with Crippen molar-refractivity contribution in [2.24, 2.45) is 4.99 Å². The largest absolute Gasteiger partial charge is 0.364 e. The second kappa shape index (κ2) is 8.71. The summed E-state index contributed by atoms with van der Waals surface area (Å²) in [5, 5.41) is 7.47. The maximum Gasteiger partial charge on any atom is 0.193 e. The average Bonchev–Trinajstić information content (AvgIpc) is 3.11. The smallest absolute Gasteiger partial charge is 0.193 e. The van der Waals surface area contributed by atoms with Crippen molar-refractivity contribution in [3.63, 3.8) is 0 Å². The summed E-state index contributed by atoms with van der Waals surface area (Å²) >= 11 is 0. The minimum atomic E-state index is 0. The number of halogens is 1. The Hall–Kier alpha value is -0.830. The number of guanidine groups is 1. The Kier molecular flexibility index (Phi) is 7.61. The molecule has 1 saturated carbocycles. The van der Waals surface area contributed by atoms with Gasteiger partial charge in [-0.1, -0.05) is 18.0 Å². The molecule has 0 aromatic carbocycles. The number of likely N-dealkylation sites (N-methyl/N-ethyl adjacent to an activating group) is 1. The molecule has 7 heteroatoms. The van der Waals surface area contributed by atoms with Gasteiger partial charge in [-0.3, -0.25) is 4.99 Å². The van der Waals surface area contributed by atoms with E-state index in [2.05, 4.69) is 39.4 Å². The lowest BCUT2D eigenvalue weighted by molar-refractivity contribution is 0.159. The van der Waals surface area contributed by atoms with Gasteiger partial charge >= 0.3 is 0 Å². The van der Waals surface area contributed by atoms with Gasteiger partial charge in [-0.25, -0.2) is 0 Å². The number of nitrogens with one attached hydrogen (secondary N) is 1. The Balaban J connectivity index is 0.00000242. The lowest BCUT2D eigenvalue weighted by Gasteiger charge is -2.37. The van der Waals surface area contributed by atoms with Crippen molar-refractivity contribution in [1.29, 1.82) is 0 Å². The molecule has 0 spiro atoms. The number of hydrogen-bond acceptors (Lipinski definition) is 4. The predicted octanol–water partition coefficient (Wildman–Crippen LogP) is 2.17. The molecule has 1 aromatic heterocycles. The average molecular weight is 421 g/mol. The van der Waals surface area contributed by atoms with E-state index in [1.165, 1.54) is 25.7 Å². The van der Waals surface area contributed by atoms with Crippen molar-refractivity contribution >= 4 is 29.9 Å². The Labute approximate surface area is 150 Å². The molecule has 1 aliphatic carbocycles. The zero-order valence-electron chi connectivity index (χ0n) is 14.0. The molecule has 1 N–H and O–H groups in total. The van der Waals surface area contributed by atoms with E-state index < -0.39 is 0 Å². The first-order chi connectivity index (χ1) is 10.1. The van der Waals surface area contributed by atoms with Crippen LogP contribution in [-0.2, 0) is 6.54 Å².